The Labute approximate surface area is 115 Å². The van der Waals surface area contributed by atoms with Gasteiger partial charge in [-0.05, 0) is 19.1 Å². The molecular weight excluding hydrogens is 269 g/mol. The van der Waals surface area contributed by atoms with Crippen LogP contribution >= 0.6 is 0 Å². The Hall–Kier alpha value is -2.15. The maximum atomic E-state index is 12.9. The summed E-state index contributed by atoms with van der Waals surface area (Å²) >= 11 is 0. The summed E-state index contributed by atoms with van der Waals surface area (Å²) in [7, 11) is 0. The van der Waals surface area contributed by atoms with E-state index in [1.165, 1.54) is 31.2 Å². The van der Waals surface area contributed by atoms with Crippen molar-refractivity contribution in [2.24, 2.45) is 0 Å². The van der Waals surface area contributed by atoms with Crippen molar-refractivity contribution >= 4 is 11.9 Å². The maximum absolute atomic E-state index is 12.9. The minimum Gasteiger partial charge on any atom is -0.493 e. The summed E-state index contributed by atoms with van der Waals surface area (Å²) in [6.07, 6.45) is -1.31. The van der Waals surface area contributed by atoms with Crippen LogP contribution in [0.15, 0.2) is 24.3 Å². The number of carboxylic acid groups (broad SMARTS) is 1. The molecule has 3 N–H and O–H groups in total. The number of carbonyl (C=O) groups excluding carboxylic acids is 1. The van der Waals surface area contributed by atoms with Gasteiger partial charge in [0.15, 0.2) is 6.04 Å². The monoisotopic (exact) mass is 285 g/mol. The number of benzene rings is 1. The van der Waals surface area contributed by atoms with Crippen LogP contribution < -0.4 is 10.1 Å². The molecule has 0 aliphatic heterocycles. The number of carboxylic acids is 1. The molecule has 6 nitrogen and oxygen atoms in total. The van der Waals surface area contributed by atoms with Crippen LogP contribution in [-0.2, 0) is 9.59 Å². The van der Waals surface area contributed by atoms with Gasteiger partial charge in [-0.15, -0.1) is 0 Å². The number of carbonyl (C=O) groups is 2. The van der Waals surface area contributed by atoms with E-state index < -0.39 is 29.8 Å². The normalized spacial score (nSPS) is 13.3. The van der Waals surface area contributed by atoms with E-state index >= 15 is 0 Å². The maximum Gasteiger partial charge on any atom is 0.328 e. The molecule has 1 rings (SSSR count). The third-order valence-electron chi connectivity index (χ3n) is 2.46. The highest BCUT2D eigenvalue weighted by Crippen LogP contribution is 2.11. The van der Waals surface area contributed by atoms with E-state index in [4.69, 9.17) is 9.84 Å². The van der Waals surface area contributed by atoms with E-state index in [0.717, 1.165) is 0 Å². The predicted molar refractivity (Wildman–Crippen MR) is 67.8 cm³/mol. The first-order valence-electron chi connectivity index (χ1n) is 5.98. The highest BCUT2D eigenvalue weighted by Gasteiger charge is 2.24. The number of hydrogen-bond donors (Lipinski definition) is 3. The van der Waals surface area contributed by atoms with Crippen molar-refractivity contribution in [3.05, 3.63) is 30.1 Å². The summed E-state index contributed by atoms with van der Waals surface area (Å²) < 4.78 is 18.0. The molecule has 0 saturated heterocycles. The molecule has 7 heteroatoms. The Morgan fingerprint density at radius 1 is 1.45 bits per heavy atom. The topological polar surface area (TPSA) is 95.9 Å². The van der Waals surface area contributed by atoms with Crippen LogP contribution in [0.25, 0.3) is 0 Å². The number of aliphatic hydroxyl groups is 1. The molecule has 1 aromatic rings. The van der Waals surface area contributed by atoms with Gasteiger partial charge in [-0.25, -0.2) is 9.18 Å². The number of aliphatic carboxylic acids is 1. The molecule has 0 fully saturated rings. The second kappa shape index (κ2) is 7.44. The fraction of sp³-hybridized carbons (Fsp3) is 0.385. The third-order valence-corrected chi connectivity index (χ3v) is 2.46. The first-order valence-corrected chi connectivity index (χ1v) is 5.98. The average Bonchev–Trinajstić information content (AvgIpc) is 2.35. The Morgan fingerprint density at radius 3 is 2.70 bits per heavy atom. The van der Waals surface area contributed by atoms with Crippen molar-refractivity contribution in [2.45, 2.75) is 25.5 Å². The SMILES string of the molecule is C[C@@H](O)[C@H](NC(=O)CCOc1cccc(F)c1)C(=O)O. The molecule has 0 spiro atoms. The van der Waals surface area contributed by atoms with Gasteiger partial charge in [0, 0.05) is 6.07 Å². The van der Waals surface area contributed by atoms with E-state index in [2.05, 4.69) is 5.32 Å². The van der Waals surface area contributed by atoms with Gasteiger partial charge in [0.25, 0.3) is 0 Å². The van der Waals surface area contributed by atoms with Gasteiger partial charge < -0.3 is 20.3 Å². The molecule has 1 amide bonds. The van der Waals surface area contributed by atoms with Crippen molar-refractivity contribution < 1.29 is 28.9 Å². The highest BCUT2D eigenvalue weighted by molar-refractivity contribution is 5.83. The standard InChI is InChI=1S/C13H16FNO5/c1-8(16)12(13(18)19)15-11(17)5-6-20-10-4-2-3-9(14)7-10/h2-4,7-8,12,16H,5-6H2,1H3,(H,15,17)(H,18,19)/t8-,12+/m1/s1. The molecule has 0 bridgehead atoms. The zero-order valence-electron chi connectivity index (χ0n) is 10.9. The third kappa shape index (κ3) is 5.23. The van der Waals surface area contributed by atoms with E-state index in [-0.39, 0.29) is 18.8 Å². The molecular formula is C13H16FNO5. The summed E-state index contributed by atoms with van der Waals surface area (Å²) in [5, 5.41) is 20.1. The molecule has 0 aliphatic rings. The molecule has 0 heterocycles. The Kier molecular flexibility index (Phi) is 5.92. The molecule has 110 valence electrons. The summed E-state index contributed by atoms with van der Waals surface area (Å²) in [6.45, 7) is 1.24. The van der Waals surface area contributed by atoms with Gasteiger partial charge in [0.1, 0.15) is 11.6 Å². The minimum absolute atomic E-state index is 0.0264. The second-order valence-electron chi connectivity index (χ2n) is 4.18. The summed E-state index contributed by atoms with van der Waals surface area (Å²) in [6, 6.07) is 4.08. The quantitative estimate of drug-likeness (QED) is 0.679. The van der Waals surface area contributed by atoms with E-state index in [1.54, 1.807) is 0 Å². The van der Waals surface area contributed by atoms with Gasteiger partial charge in [-0.1, -0.05) is 6.07 Å². The van der Waals surface area contributed by atoms with Crippen LogP contribution in [0.4, 0.5) is 4.39 Å². The van der Waals surface area contributed by atoms with Crippen molar-refractivity contribution in [3.63, 3.8) is 0 Å². The number of amides is 1. The van der Waals surface area contributed by atoms with Crippen molar-refractivity contribution in [2.75, 3.05) is 6.61 Å². The Morgan fingerprint density at radius 2 is 2.15 bits per heavy atom. The fourth-order valence-electron chi connectivity index (χ4n) is 1.45. The number of aliphatic hydroxyl groups excluding tert-OH is 1. The predicted octanol–water partition coefficient (Wildman–Crippen LogP) is 0.545. The molecule has 0 aliphatic carbocycles. The lowest BCUT2D eigenvalue weighted by Gasteiger charge is -2.17. The largest absolute Gasteiger partial charge is 0.493 e. The highest BCUT2D eigenvalue weighted by atomic mass is 19.1. The van der Waals surface area contributed by atoms with Crippen LogP contribution in [0.5, 0.6) is 5.75 Å². The molecule has 1 aromatic carbocycles. The van der Waals surface area contributed by atoms with E-state index in [0.29, 0.717) is 0 Å². The molecule has 0 unspecified atom stereocenters. The van der Waals surface area contributed by atoms with Crippen LogP contribution in [0.3, 0.4) is 0 Å². The molecule has 0 aromatic heterocycles. The number of rotatable bonds is 7. The smallest absolute Gasteiger partial charge is 0.328 e. The van der Waals surface area contributed by atoms with Crippen LogP contribution in [0.1, 0.15) is 13.3 Å². The Balaban J connectivity index is 2.38. The number of hydrogen-bond acceptors (Lipinski definition) is 4. The van der Waals surface area contributed by atoms with Crippen molar-refractivity contribution in [3.8, 4) is 5.75 Å². The molecule has 0 radical (unpaired) electrons. The summed E-state index contributed by atoms with van der Waals surface area (Å²) in [4.78, 5) is 22.2. The Bertz CT molecular complexity index is 478. The van der Waals surface area contributed by atoms with E-state index in [1.807, 2.05) is 0 Å². The first kappa shape index (κ1) is 15.9. The van der Waals surface area contributed by atoms with Crippen molar-refractivity contribution in [1.29, 1.82) is 0 Å². The van der Waals surface area contributed by atoms with Crippen LogP contribution in [0, 0.1) is 5.82 Å². The first-order chi connectivity index (χ1) is 9.40. The second-order valence-corrected chi connectivity index (χ2v) is 4.18. The van der Waals surface area contributed by atoms with Gasteiger partial charge >= 0.3 is 5.97 Å². The molecule has 20 heavy (non-hydrogen) atoms. The van der Waals surface area contributed by atoms with Crippen molar-refractivity contribution in [1.82, 2.24) is 5.32 Å². The zero-order valence-corrected chi connectivity index (χ0v) is 10.9. The van der Waals surface area contributed by atoms with Gasteiger partial charge in [0.2, 0.25) is 5.91 Å². The lowest BCUT2D eigenvalue weighted by Crippen LogP contribution is -2.47. The lowest BCUT2D eigenvalue weighted by molar-refractivity contribution is -0.144. The molecule has 2 atom stereocenters. The van der Waals surface area contributed by atoms with Crippen LogP contribution in [-0.4, -0.2) is 40.8 Å². The van der Waals surface area contributed by atoms with E-state index in [9.17, 15) is 19.1 Å². The van der Waals surface area contributed by atoms with Gasteiger partial charge in [-0.2, -0.15) is 0 Å². The minimum atomic E-state index is -1.36. The summed E-state index contributed by atoms with van der Waals surface area (Å²) in [5.41, 5.74) is 0. The van der Waals surface area contributed by atoms with Crippen LogP contribution in [0.2, 0.25) is 0 Å². The number of nitrogens with one attached hydrogen (secondary N) is 1. The van der Waals surface area contributed by atoms with Gasteiger partial charge in [-0.3, -0.25) is 4.79 Å². The molecule has 0 saturated carbocycles. The number of ether oxygens (including phenoxy) is 1. The number of halogens is 1. The van der Waals surface area contributed by atoms with Gasteiger partial charge in [0.05, 0.1) is 19.1 Å². The summed E-state index contributed by atoms with van der Waals surface area (Å²) in [5.74, 6) is -2.07. The zero-order chi connectivity index (χ0) is 15.1. The lowest BCUT2D eigenvalue weighted by atomic mass is 10.2. The average molecular weight is 285 g/mol. The fourth-order valence-corrected chi connectivity index (χ4v) is 1.45.